The van der Waals surface area contributed by atoms with E-state index in [9.17, 15) is 22.8 Å². The largest absolute Gasteiger partial charge is 0.379 e. The molecular weight excluding hydrogens is 456 g/mol. The SMILES string of the molecule is NC(=O)NC(=O)c1c(NC(=O)c2ccc(S(=O)(=O)N3CCOCC3)cc2)sc2c1CCC2. The summed E-state index contributed by atoms with van der Waals surface area (Å²) in [7, 11) is -3.66. The van der Waals surface area contributed by atoms with Crippen molar-refractivity contribution in [3.63, 3.8) is 0 Å². The number of sulfonamides is 1. The Kier molecular flexibility index (Phi) is 6.29. The summed E-state index contributed by atoms with van der Waals surface area (Å²) in [5, 5.41) is 5.12. The molecule has 4 amide bonds. The lowest BCUT2D eigenvalue weighted by Gasteiger charge is -2.26. The van der Waals surface area contributed by atoms with Crippen molar-refractivity contribution < 1.29 is 27.5 Å². The average molecular weight is 479 g/mol. The molecule has 2 aromatic rings. The number of anilines is 1. The van der Waals surface area contributed by atoms with Gasteiger partial charge in [-0.2, -0.15) is 4.31 Å². The van der Waals surface area contributed by atoms with Crippen molar-refractivity contribution in [1.29, 1.82) is 0 Å². The molecule has 0 saturated carbocycles. The molecule has 4 N–H and O–H groups in total. The third kappa shape index (κ3) is 4.39. The quantitative estimate of drug-likeness (QED) is 0.590. The summed E-state index contributed by atoms with van der Waals surface area (Å²) in [5.74, 6) is -1.15. The van der Waals surface area contributed by atoms with Crippen LogP contribution in [0.15, 0.2) is 29.2 Å². The molecule has 0 unspecified atom stereocenters. The second kappa shape index (κ2) is 8.98. The first-order valence-corrected chi connectivity index (χ1v) is 12.3. The number of rotatable bonds is 5. The Balaban J connectivity index is 1.54. The van der Waals surface area contributed by atoms with Gasteiger partial charge in [-0.3, -0.25) is 14.9 Å². The lowest BCUT2D eigenvalue weighted by Crippen LogP contribution is -2.40. The van der Waals surface area contributed by atoms with Crippen LogP contribution in [0.1, 0.15) is 37.6 Å². The number of carbonyl (C=O) groups excluding carboxylic acids is 3. The fraction of sp³-hybridized carbons (Fsp3) is 0.350. The molecule has 4 rings (SSSR count). The van der Waals surface area contributed by atoms with Gasteiger partial charge in [-0.25, -0.2) is 13.2 Å². The number of nitrogens with zero attached hydrogens (tertiary/aromatic N) is 1. The predicted molar refractivity (Wildman–Crippen MR) is 117 cm³/mol. The molecule has 1 saturated heterocycles. The van der Waals surface area contributed by atoms with Gasteiger partial charge in [0.05, 0.1) is 23.7 Å². The monoisotopic (exact) mass is 478 g/mol. The Labute approximate surface area is 188 Å². The zero-order valence-corrected chi connectivity index (χ0v) is 18.7. The molecule has 10 nitrogen and oxygen atoms in total. The van der Waals surface area contributed by atoms with Crippen LogP contribution < -0.4 is 16.4 Å². The molecular formula is C20H22N4O6S2. The number of benzene rings is 1. The van der Waals surface area contributed by atoms with Gasteiger partial charge in [0.15, 0.2) is 0 Å². The standard InChI is InChI=1S/C20H22N4O6S2/c21-20(27)23-18(26)16-14-2-1-3-15(14)31-19(16)22-17(25)12-4-6-13(7-5-12)32(28,29)24-8-10-30-11-9-24/h4-7H,1-3,8-11H2,(H,22,25)(H3,21,23,26,27). The van der Waals surface area contributed by atoms with Crippen LogP contribution in [-0.4, -0.2) is 56.9 Å². The van der Waals surface area contributed by atoms with Crippen molar-refractivity contribution in [2.45, 2.75) is 24.2 Å². The Morgan fingerprint density at radius 3 is 2.38 bits per heavy atom. The first kappa shape index (κ1) is 22.4. The minimum absolute atomic E-state index is 0.0903. The Bertz CT molecular complexity index is 1170. The van der Waals surface area contributed by atoms with Crippen molar-refractivity contribution >= 4 is 44.2 Å². The highest BCUT2D eigenvalue weighted by Crippen LogP contribution is 2.39. The summed E-state index contributed by atoms with van der Waals surface area (Å²) in [6, 6.07) is 4.64. The molecule has 0 radical (unpaired) electrons. The average Bonchev–Trinajstić information content (AvgIpc) is 3.34. The summed E-state index contributed by atoms with van der Waals surface area (Å²) in [6.45, 7) is 1.25. The number of nitrogens with one attached hydrogen (secondary N) is 2. The highest BCUT2D eigenvalue weighted by Gasteiger charge is 2.29. The van der Waals surface area contributed by atoms with Gasteiger partial charge in [0.25, 0.3) is 11.8 Å². The molecule has 1 aromatic carbocycles. The van der Waals surface area contributed by atoms with Gasteiger partial charge in [-0.15, -0.1) is 11.3 Å². The van der Waals surface area contributed by atoms with E-state index in [0.29, 0.717) is 24.6 Å². The smallest absolute Gasteiger partial charge is 0.319 e. The third-order valence-electron chi connectivity index (χ3n) is 5.34. The number of urea groups is 1. The molecule has 1 aliphatic heterocycles. The maximum atomic E-state index is 12.8. The van der Waals surface area contributed by atoms with E-state index < -0.39 is 27.9 Å². The van der Waals surface area contributed by atoms with Crippen molar-refractivity contribution in [3.05, 3.63) is 45.8 Å². The maximum Gasteiger partial charge on any atom is 0.319 e. The first-order chi connectivity index (χ1) is 15.3. The Morgan fingerprint density at radius 2 is 1.72 bits per heavy atom. The minimum atomic E-state index is -3.66. The molecule has 0 bridgehead atoms. The van der Waals surface area contributed by atoms with E-state index in [2.05, 4.69) is 10.6 Å². The van der Waals surface area contributed by atoms with E-state index in [-0.39, 0.29) is 29.1 Å². The topological polar surface area (TPSA) is 148 Å². The number of nitrogens with two attached hydrogens (primary N) is 1. The highest BCUT2D eigenvalue weighted by atomic mass is 32.2. The van der Waals surface area contributed by atoms with Crippen molar-refractivity contribution in [2.24, 2.45) is 5.73 Å². The van der Waals surface area contributed by atoms with Gasteiger partial charge in [0.2, 0.25) is 10.0 Å². The molecule has 2 heterocycles. The van der Waals surface area contributed by atoms with Crippen LogP contribution in [0.5, 0.6) is 0 Å². The van der Waals surface area contributed by atoms with Gasteiger partial charge < -0.3 is 15.8 Å². The summed E-state index contributed by atoms with van der Waals surface area (Å²) in [5.41, 5.74) is 6.38. The number of primary amides is 1. The number of thiophene rings is 1. The molecule has 2 aliphatic rings. The van der Waals surface area contributed by atoms with Gasteiger partial charge >= 0.3 is 6.03 Å². The van der Waals surface area contributed by atoms with E-state index >= 15 is 0 Å². The van der Waals surface area contributed by atoms with Crippen LogP contribution in [0.25, 0.3) is 0 Å². The fourth-order valence-electron chi connectivity index (χ4n) is 3.80. The molecule has 1 aliphatic carbocycles. The number of carbonyl (C=O) groups is 3. The number of ether oxygens (including phenoxy) is 1. The Hall–Kier alpha value is -2.80. The van der Waals surface area contributed by atoms with Crippen molar-refractivity contribution in [3.8, 4) is 0 Å². The zero-order chi connectivity index (χ0) is 22.9. The van der Waals surface area contributed by atoms with E-state index in [1.165, 1.54) is 39.9 Å². The number of amides is 4. The number of aryl methyl sites for hydroxylation is 1. The number of hydrogen-bond acceptors (Lipinski definition) is 7. The van der Waals surface area contributed by atoms with Crippen LogP contribution in [0.4, 0.5) is 9.80 Å². The van der Waals surface area contributed by atoms with Crippen LogP contribution in [-0.2, 0) is 27.6 Å². The Morgan fingerprint density at radius 1 is 1.03 bits per heavy atom. The highest BCUT2D eigenvalue weighted by molar-refractivity contribution is 7.89. The number of imide groups is 1. The second-order valence-corrected chi connectivity index (χ2v) is 10.4. The number of morpholine rings is 1. The molecule has 0 spiro atoms. The molecule has 12 heteroatoms. The van der Waals surface area contributed by atoms with Crippen molar-refractivity contribution in [2.75, 3.05) is 31.6 Å². The summed E-state index contributed by atoms with van der Waals surface area (Å²) in [4.78, 5) is 37.5. The lowest BCUT2D eigenvalue weighted by molar-refractivity contribution is 0.0730. The number of hydrogen-bond donors (Lipinski definition) is 3. The van der Waals surface area contributed by atoms with Crippen LogP contribution in [0, 0.1) is 0 Å². The molecule has 1 fully saturated rings. The summed E-state index contributed by atoms with van der Waals surface area (Å²) < 4.78 is 32.0. The summed E-state index contributed by atoms with van der Waals surface area (Å²) >= 11 is 1.29. The number of fused-ring (bicyclic) bond motifs is 1. The third-order valence-corrected chi connectivity index (χ3v) is 8.46. The molecule has 170 valence electrons. The van der Waals surface area contributed by atoms with Crippen LogP contribution in [0.2, 0.25) is 0 Å². The molecule has 1 aromatic heterocycles. The minimum Gasteiger partial charge on any atom is -0.379 e. The lowest BCUT2D eigenvalue weighted by atomic mass is 10.1. The van der Waals surface area contributed by atoms with Gasteiger partial charge in [-0.05, 0) is 49.1 Å². The van der Waals surface area contributed by atoms with Gasteiger partial charge in [-0.1, -0.05) is 0 Å². The zero-order valence-electron chi connectivity index (χ0n) is 17.0. The van der Waals surface area contributed by atoms with E-state index in [1.54, 1.807) is 0 Å². The van der Waals surface area contributed by atoms with Gasteiger partial charge in [0, 0.05) is 23.5 Å². The first-order valence-electron chi connectivity index (χ1n) is 10.0. The van der Waals surface area contributed by atoms with Crippen LogP contribution >= 0.6 is 11.3 Å². The summed E-state index contributed by atoms with van der Waals surface area (Å²) in [6.07, 6.45) is 2.36. The predicted octanol–water partition coefficient (Wildman–Crippen LogP) is 1.32. The molecule has 32 heavy (non-hydrogen) atoms. The van der Waals surface area contributed by atoms with Gasteiger partial charge in [0.1, 0.15) is 5.00 Å². The second-order valence-electron chi connectivity index (χ2n) is 7.37. The van der Waals surface area contributed by atoms with Crippen LogP contribution in [0.3, 0.4) is 0 Å². The van der Waals surface area contributed by atoms with Crippen molar-refractivity contribution in [1.82, 2.24) is 9.62 Å². The van der Waals surface area contributed by atoms with E-state index in [4.69, 9.17) is 10.5 Å². The van der Waals surface area contributed by atoms with E-state index in [1.807, 2.05) is 0 Å². The fourth-order valence-corrected chi connectivity index (χ4v) is 6.49. The normalized spacial score (nSPS) is 16.4. The molecule has 0 atom stereocenters. The maximum absolute atomic E-state index is 12.8. The van der Waals surface area contributed by atoms with E-state index in [0.717, 1.165) is 23.3 Å².